The first-order chi connectivity index (χ1) is 9.34. The quantitative estimate of drug-likeness (QED) is 0.731. The van der Waals surface area contributed by atoms with Crippen molar-refractivity contribution in [2.24, 2.45) is 11.8 Å². The van der Waals surface area contributed by atoms with Crippen LogP contribution in [0.1, 0.15) is 50.5 Å². The Morgan fingerprint density at radius 2 is 1.79 bits per heavy atom. The molecule has 2 aliphatic heterocycles. The molecular formula is C18H25N. The monoisotopic (exact) mass is 255 g/mol. The summed E-state index contributed by atoms with van der Waals surface area (Å²) in [6.45, 7) is 3.80. The van der Waals surface area contributed by atoms with Gasteiger partial charge < -0.3 is 0 Å². The van der Waals surface area contributed by atoms with E-state index in [4.69, 9.17) is 0 Å². The van der Waals surface area contributed by atoms with Gasteiger partial charge in [-0.3, -0.25) is 4.90 Å². The van der Waals surface area contributed by atoms with Gasteiger partial charge in [-0.05, 0) is 36.7 Å². The van der Waals surface area contributed by atoms with Crippen molar-refractivity contribution in [3.63, 3.8) is 0 Å². The Bertz CT molecular complexity index is 440. The highest BCUT2D eigenvalue weighted by molar-refractivity contribution is 5.25. The van der Waals surface area contributed by atoms with Gasteiger partial charge in [0.25, 0.3) is 0 Å². The Kier molecular flexibility index (Phi) is 2.91. The molecule has 0 amide bonds. The second kappa shape index (κ2) is 4.63. The van der Waals surface area contributed by atoms with Crippen LogP contribution >= 0.6 is 0 Å². The van der Waals surface area contributed by atoms with Crippen LogP contribution in [0.4, 0.5) is 0 Å². The smallest absolute Gasteiger partial charge is 0.0173 e. The maximum atomic E-state index is 2.90. The lowest BCUT2D eigenvalue weighted by atomic mass is 9.79. The van der Waals surface area contributed by atoms with Crippen LogP contribution in [0, 0.1) is 11.8 Å². The second-order valence-corrected chi connectivity index (χ2v) is 7.03. The molecule has 0 spiro atoms. The summed E-state index contributed by atoms with van der Waals surface area (Å²) < 4.78 is 0. The number of nitrogens with zero attached hydrogens (tertiary/aromatic N) is 1. The van der Waals surface area contributed by atoms with Crippen molar-refractivity contribution in [3.05, 3.63) is 35.9 Å². The molecule has 1 nitrogen and oxygen atoms in total. The molecule has 3 fully saturated rings. The molecule has 0 radical (unpaired) electrons. The van der Waals surface area contributed by atoms with Gasteiger partial charge >= 0.3 is 0 Å². The van der Waals surface area contributed by atoms with E-state index in [2.05, 4.69) is 42.2 Å². The predicted octanol–water partition coefficient (Wildman–Crippen LogP) is 4.05. The fraction of sp³-hybridized carbons (Fsp3) is 0.667. The maximum Gasteiger partial charge on any atom is 0.0173 e. The Balaban J connectivity index is 1.63. The summed E-state index contributed by atoms with van der Waals surface area (Å²) in [5.74, 6) is 2.62. The third kappa shape index (κ3) is 1.86. The van der Waals surface area contributed by atoms with Gasteiger partial charge in [0.2, 0.25) is 0 Å². The van der Waals surface area contributed by atoms with E-state index in [0.29, 0.717) is 0 Å². The van der Waals surface area contributed by atoms with Crippen molar-refractivity contribution in [1.29, 1.82) is 0 Å². The molecular weight excluding hydrogens is 230 g/mol. The van der Waals surface area contributed by atoms with Crippen LogP contribution in [0.25, 0.3) is 0 Å². The Labute approximate surface area is 117 Å². The van der Waals surface area contributed by atoms with Crippen LogP contribution in [-0.2, 0) is 0 Å². The summed E-state index contributed by atoms with van der Waals surface area (Å²) in [5, 5.41) is 0. The lowest BCUT2D eigenvalue weighted by molar-refractivity contribution is 0.177. The minimum atomic E-state index is 0.784. The fourth-order valence-corrected chi connectivity index (χ4v) is 5.27. The van der Waals surface area contributed by atoms with E-state index >= 15 is 0 Å². The average molecular weight is 255 g/mol. The molecule has 0 aromatic heterocycles. The van der Waals surface area contributed by atoms with Gasteiger partial charge in [0.15, 0.2) is 0 Å². The van der Waals surface area contributed by atoms with E-state index < -0.39 is 0 Å². The zero-order valence-corrected chi connectivity index (χ0v) is 12.0. The number of benzene rings is 1. The molecule has 2 saturated heterocycles. The van der Waals surface area contributed by atoms with Gasteiger partial charge in [0.1, 0.15) is 0 Å². The highest BCUT2D eigenvalue weighted by Crippen LogP contribution is 2.50. The molecule has 0 N–H and O–H groups in total. The van der Waals surface area contributed by atoms with E-state index in [9.17, 15) is 0 Å². The summed E-state index contributed by atoms with van der Waals surface area (Å²) in [6.07, 6.45) is 7.37. The molecule has 0 bridgehead atoms. The molecule has 1 aliphatic carbocycles. The van der Waals surface area contributed by atoms with Crippen molar-refractivity contribution < 1.29 is 0 Å². The molecule has 1 aromatic rings. The van der Waals surface area contributed by atoms with E-state index in [1.807, 2.05) is 0 Å². The van der Waals surface area contributed by atoms with Gasteiger partial charge in [0.05, 0.1) is 0 Å². The first-order valence-corrected chi connectivity index (χ1v) is 8.15. The first kappa shape index (κ1) is 12.0. The van der Waals surface area contributed by atoms with Crippen LogP contribution in [0.15, 0.2) is 30.3 Å². The fourth-order valence-electron chi connectivity index (χ4n) is 5.27. The zero-order valence-electron chi connectivity index (χ0n) is 12.0. The van der Waals surface area contributed by atoms with Gasteiger partial charge in [-0.2, -0.15) is 0 Å². The van der Waals surface area contributed by atoms with Gasteiger partial charge in [0, 0.05) is 24.5 Å². The molecule has 0 unspecified atom stereocenters. The molecule has 1 aromatic carbocycles. The largest absolute Gasteiger partial charge is 0.296 e. The van der Waals surface area contributed by atoms with Crippen molar-refractivity contribution >= 4 is 0 Å². The Hall–Kier alpha value is -0.820. The van der Waals surface area contributed by atoms with Gasteiger partial charge in [-0.15, -0.1) is 0 Å². The van der Waals surface area contributed by atoms with Crippen molar-refractivity contribution in [1.82, 2.24) is 4.90 Å². The Morgan fingerprint density at radius 1 is 1.00 bits per heavy atom. The minimum Gasteiger partial charge on any atom is -0.296 e. The molecule has 4 rings (SSSR count). The lowest BCUT2D eigenvalue weighted by Gasteiger charge is -2.31. The summed E-state index contributed by atoms with van der Waals surface area (Å²) in [7, 11) is 0. The van der Waals surface area contributed by atoms with E-state index in [1.165, 1.54) is 38.6 Å². The molecule has 2 heterocycles. The van der Waals surface area contributed by atoms with E-state index in [0.717, 1.165) is 29.8 Å². The molecule has 1 saturated carbocycles. The molecule has 3 aliphatic rings. The first-order valence-electron chi connectivity index (χ1n) is 8.15. The van der Waals surface area contributed by atoms with Crippen LogP contribution in [0.5, 0.6) is 0 Å². The van der Waals surface area contributed by atoms with Crippen molar-refractivity contribution in [2.75, 3.05) is 6.54 Å². The standard InChI is InChI=1S/C18H25N/c1-13-12-19-16-10-6-5-9-15(16)11-17(19)18(13)14-7-3-2-4-8-14/h2-4,7-8,13,15-18H,5-6,9-12H2,1H3/t13-,15-,16-,17+,18+/m0/s1. The lowest BCUT2D eigenvalue weighted by Crippen LogP contribution is -2.36. The van der Waals surface area contributed by atoms with E-state index in [-0.39, 0.29) is 0 Å². The number of rotatable bonds is 1. The summed E-state index contributed by atoms with van der Waals surface area (Å²) in [6, 6.07) is 13.1. The summed E-state index contributed by atoms with van der Waals surface area (Å²) in [4.78, 5) is 2.90. The summed E-state index contributed by atoms with van der Waals surface area (Å²) in [5.41, 5.74) is 1.58. The van der Waals surface area contributed by atoms with Crippen molar-refractivity contribution in [2.45, 2.75) is 57.0 Å². The molecule has 1 heteroatoms. The second-order valence-electron chi connectivity index (χ2n) is 7.03. The number of fused-ring (bicyclic) bond motifs is 3. The molecule has 19 heavy (non-hydrogen) atoms. The topological polar surface area (TPSA) is 3.24 Å². The van der Waals surface area contributed by atoms with Crippen LogP contribution in [0.3, 0.4) is 0 Å². The van der Waals surface area contributed by atoms with Crippen LogP contribution in [0.2, 0.25) is 0 Å². The SMILES string of the molecule is C[C@H]1CN2[C@H](C[C@@H]3CCCC[C@@H]32)[C@H]1c1ccccc1. The molecule has 102 valence electrons. The maximum absolute atomic E-state index is 2.90. The van der Waals surface area contributed by atoms with E-state index in [1.54, 1.807) is 5.56 Å². The number of hydrogen-bond acceptors (Lipinski definition) is 1. The third-order valence-corrected chi connectivity index (χ3v) is 5.98. The van der Waals surface area contributed by atoms with Crippen LogP contribution in [-0.4, -0.2) is 23.5 Å². The highest BCUT2D eigenvalue weighted by Gasteiger charge is 2.50. The number of hydrogen-bond donors (Lipinski definition) is 0. The minimum absolute atomic E-state index is 0.784. The zero-order chi connectivity index (χ0) is 12.8. The van der Waals surface area contributed by atoms with Gasteiger partial charge in [-0.25, -0.2) is 0 Å². The van der Waals surface area contributed by atoms with Crippen molar-refractivity contribution in [3.8, 4) is 0 Å². The third-order valence-electron chi connectivity index (χ3n) is 5.98. The average Bonchev–Trinajstić information content (AvgIpc) is 2.94. The van der Waals surface area contributed by atoms with Crippen LogP contribution < -0.4 is 0 Å². The predicted molar refractivity (Wildman–Crippen MR) is 79.2 cm³/mol. The highest BCUT2D eigenvalue weighted by atomic mass is 15.2. The molecule has 5 atom stereocenters. The Morgan fingerprint density at radius 3 is 2.63 bits per heavy atom. The van der Waals surface area contributed by atoms with Gasteiger partial charge in [-0.1, -0.05) is 50.1 Å². The summed E-state index contributed by atoms with van der Waals surface area (Å²) >= 11 is 0. The normalized spacial score (nSPS) is 42.1.